The summed E-state index contributed by atoms with van der Waals surface area (Å²) in [5.74, 6) is 0.916. The first-order chi connectivity index (χ1) is 11.5. The number of pyridine rings is 1. The lowest BCUT2D eigenvalue weighted by molar-refractivity contribution is 0.103. The number of hydrogen-bond acceptors (Lipinski definition) is 4. The number of carbonyl (C=O) groups excluding carboxylic acids is 1. The van der Waals surface area contributed by atoms with Gasteiger partial charge in [-0.2, -0.15) is 0 Å². The number of aryl methyl sites for hydroxylation is 1. The molecule has 1 heterocycles. The molecule has 122 valence electrons. The zero-order valence-corrected chi connectivity index (χ0v) is 13.7. The summed E-state index contributed by atoms with van der Waals surface area (Å²) in [5, 5.41) is 0.455. The summed E-state index contributed by atoms with van der Waals surface area (Å²) in [6.45, 7) is 0. The molecule has 0 bridgehead atoms. The number of rotatable bonds is 4. The van der Waals surface area contributed by atoms with E-state index in [0.717, 1.165) is 5.52 Å². The van der Waals surface area contributed by atoms with Crippen LogP contribution in [0.4, 0.5) is 0 Å². The van der Waals surface area contributed by atoms with Crippen LogP contribution in [0, 0.1) is 0 Å². The summed E-state index contributed by atoms with van der Waals surface area (Å²) in [6.07, 6.45) is 1.57. The first-order valence-corrected chi connectivity index (χ1v) is 7.41. The van der Waals surface area contributed by atoms with E-state index in [1.165, 1.54) is 7.11 Å². The van der Waals surface area contributed by atoms with Gasteiger partial charge < -0.3 is 14.0 Å². The molecule has 3 aromatic rings. The molecule has 2 aromatic carbocycles. The molecule has 5 nitrogen and oxygen atoms in total. The molecule has 0 aliphatic carbocycles. The van der Waals surface area contributed by atoms with Crippen molar-refractivity contribution in [3.8, 4) is 11.5 Å². The fourth-order valence-corrected chi connectivity index (χ4v) is 2.66. The SMILES string of the molecule is COc1ccc(C(=O)c2cn(C)c3ccc(OC)cc3c2=O)cc1. The Labute approximate surface area is 139 Å². The average Bonchev–Trinajstić information content (AvgIpc) is 2.63. The van der Waals surface area contributed by atoms with Crippen LogP contribution in [0.15, 0.2) is 53.5 Å². The number of ketones is 1. The van der Waals surface area contributed by atoms with Gasteiger partial charge in [-0.1, -0.05) is 0 Å². The van der Waals surface area contributed by atoms with E-state index < -0.39 is 0 Å². The molecule has 0 aliphatic rings. The number of nitrogens with zero attached hydrogens (tertiary/aromatic N) is 1. The van der Waals surface area contributed by atoms with Crippen LogP contribution in [0.2, 0.25) is 0 Å². The second kappa shape index (κ2) is 6.20. The lowest BCUT2D eigenvalue weighted by atomic mass is 10.0. The highest BCUT2D eigenvalue weighted by atomic mass is 16.5. The number of aromatic nitrogens is 1. The van der Waals surface area contributed by atoms with Crippen LogP contribution < -0.4 is 14.9 Å². The van der Waals surface area contributed by atoms with Gasteiger partial charge in [0.2, 0.25) is 5.43 Å². The molecular formula is C19H17NO4. The zero-order chi connectivity index (χ0) is 17.3. The summed E-state index contributed by atoms with van der Waals surface area (Å²) < 4.78 is 12.0. The Balaban J connectivity index is 2.16. The molecule has 0 amide bonds. The smallest absolute Gasteiger partial charge is 0.200 e. The molecular weight excluding hydrogens is 306 g/mol. The van der Waals surface area contributed by atoms with E-state index in [4.69, 9.17) is 9.47 Å². The van der Waals surface area contributed by atoms with Crippen LogP contribution >= 0.6 is 0 Å². The number of ether oxygens (including phenoxy) is 2. The molecule has 0 radical (unpaired) electrons. The van der Waals surface area contributed by atoms with Crippen molar-refractivity contribution < 1.29 is 14.3 Å². The lowest BCUT2D eigenvalue weighted by Gasteiger charge is -2.10. The second-order valence-electron chi connectivity index (χ2n) is 5.42. The Morgan fingerprint density at radius 2 is 1.58 bits per heavy atom. The molecule has 24 heavy (non-hydrogen) atoms. The third-order valence-electron chi connectivity index (χ3n) is 3.99. The highest BCUT2D eigenvalue weighted by Gasteiger charge is 2.17. The van der Waals surface area contributed by atoms with E-state index in [0.29, 0.717) is 22.4 Å². The summed E-state index contributed by atoms with van der Waals surface area (Å²) in [7, 11) is 4.90. The largest absolute Gasteiger partial charge is 0.497 e. The Morgan fingerprint density at radius 3 is 2.21 bits per heavy atom. The van der Waals surface area contributed by atoms with Gasteiger partial charge in [-0.15, -0.1) is 0 Å². The average molecular weight is 323 g/mol. The fourth-order valence-electron chi connectivity index (χ4n) is 2.66. The van der Waals surface area contributed by atoms with Gasteiger partial charge in [0.15, 0.2) is 5.78 Å². The molecule has 1 aromatic heterocycles. The molecule has 0 spiro atoms. The summed E-state index contributed by atoms with van der Waals surface area (Å²) in [5.41, 5.74) is 1.01. The summed E-state index contributed by atoms with van der Waals surface area (Å²) >= 11 is 0. The van der Waals surface area contributed by atoms with Gasteiger partial charge in [-0.05, 0) is 42.5 Å². The van der Waals surface area contributed by atoms with Crippen molar-refractivity contribution in [3.63, 3.8) is 0 Å². The van der Waals surface area contributed by atoms with Crippen molar-refractivity contribution >= 4 is 16.7 Å². The van der Waals surface area contributed by atoms with Crippen molar-refractivity contribution in [2.75, 3.05) is 14.2 Å². The number of benzene rings is 2. The van der Waals surface area contributed by atoms with Crippen LogP contribution in [0.25, 0.3) is 10.9 Å². The van der Waals surface area contributed by atoms with E-state index in [1.54, 1.807) is 67.4 Å². The van der Waals surface area contributed by atoms with Crippen LogP contribution in [0.1, 0.15) is 15.9 Å². The van der Waals surface area contributed by atoms with Gasteiger partial charge in [-0.25, -0.2) is 0 Å². The maximum atomic E-state index is 12.8. The zero-order valence-electron chi connectivity index (χ0n) is 13.7. The van der Waals surface area contributed by atoms with Crippen molar-refractivity contribution in [1.82, 2.24) is 4.57 Å². The van der Waals surface area contributed by atoms with E-state index in [-0.39, 0.29) is 16.8 Å². The van der Waals surface area contributed by atoms with E-state index in [9.17, 15) is 9.59 Å². The minimum atomic E-state index is -0.317. The van der Waals surface area contributed by atoms with E-state index >= 15 is 0 Å². The number of carbonyl (C=O) groups is 1. The van der Waals surface area contributed by atoms with Crippen molar-refractivity contribution in [2.24, 2.45) is 7.05 Å². The predicted molar refractivity (Wildman–Crippen MR) is 92.2 cm³/mol. The van der Waals surface area contributed by atoms with E-state index in [2.05, 4.69) is 0 Å². The number of fused-ring (bicyclic) bond motifs is 1. The molecule has 5 heteroatoms. The Hall–Kier alpha value is -3.08. The number of hydrogen-bond donors (Lipinski definition) is 0. The van der Waals surface area contributed by atoms with Crippen molar-refractivity contribution in [1.29, 1.82) is 0 Å². The van der Waals surface area contributed by atoms with Gasteiger partial charge in [-0.3, -0.25) is 9.59 Å². The molecule has 0 saturated carbocycles. The van der Waals surface area contributed by atoms with Gasteiger partial charge in [0.25, 0.3) is 0 Å². The first kappa shape index (κ1) is 15.8. The summed E-state index contributed by atoms with van der Waals surface area (Å²) in [6, 6.07) is 11.9. The highest BCUT2D eigenvalue weighted by Crippen LogP contribution is 2.20. The van der Waals surface area contributed by atoms with Crippen LogP contribution in [0.5, 0.6) is 11.5 Å². The molecule has 0 saturated heterocycles. The van der Waals surface area contributed by atoms with Gasteiger partial charge in [0.1, 0.15) is 11.5 Å². The Bertz CT molecular complexity index is 971. The van der Waals surface area contributed by atoms with Crippen LogP contribution in [-0.4, -0.2) is 24.6 Å². The lowest BCUT2D eigenvalue weighted by Crippen LogP contribution is -2.19. The minimum absolute atomic E-state index is 0.128. The normalized spacial score (nSPS) is 10.6. The summed E-state index contributed by atoms with van der Waals surface area (Å²) in [4.78, 5) is 25.5. The molecule has 0 atom stereocenters. The molecule has 0 aliphatic heterocycles. The van der Waals surface area contributed by atoms with Crippen LogP contribution in [-0.2, 0) is 7.05 Å². The van der Waals surface area contributed by atoms with Gasteiger partial charge in [0, 0.05) is 18.8 Å². The standard InChI is InChI=1S/C19H17NO4/c1-20-11-16(18(21)12-4-6-13(23-2)7-5-12)19(22)15-10-14(24-3)8-9-17(15)20/h4-11H,1-3H3. The highest BCUT2D eigenvalue weighted by molar-refractivity contribution is 6.10. The Morgan fingerprint density at radius 1 is 0.958 bits per heavy atom. The molecule has 0 fully saturated rings. The third kappa shape index (κ3) is 2.65. The molecule has 0 N–H and O–H groups in total. The minimum Gasteiger partial charge on any atom is -0.497 e. The van der Waals surface area contributed by atoms with Crippen LogP contribution in [0.3, 0.4) is 0 Å². The predicted octanol–water partition coefficient (Wildman–Crippen LogP) is 2.79. The first-order valence-electron chi connectivity index (χ1n) is 7.41. The fraction of sp³-hybridized carbons (Fsp3) is 0.158. The van der Waals surface area contributed by atoms with Crippen molar-refractivity contribution in [2.45, 2.75) is 0 Å². The van der Waals surface area contributed by atoms with Crippen molar-refractivity contribution in [3.05, 3.63) is 70.0 Å². The third-order valence-corrected chi connectivity index (χ3v) is 3.99. The molecule has 0 unspecified atom stereocenters. The van der Waals surface area contributed by atoms with Gasteiger partial charge >= 0.3 is 0 Å². The second-order valence-corrected chi connectivity index (χ2v) is 5.42. The maximum absolute atomic E-state index is 12.8. The monoisotopic (exact) mass is 323 g/mol. The topological polar surface area (TPSA) is 57.5 Å². The van der Waals surface area contributed by atoms with Gasteiger partial charge in [0.05, 0.1) is 30.7 Å². The molecule has 3 rings (SSSR count). The van der Waals surface area contributed by atoms with E-state index in [1.807, 2.05) is 0 Å². The Kier molecular flexibility index (Phi) is 4.08. The maximum Gasteiger partial charge on any atom is 0.200 e. The number of methoxy groups -OCH3 is 2. The quantitative estimate of drug-likeness (QED) is 0.693.